The van der Waals surface area contributed by atoms with Crippen molar-refractivity contribution in [1.82, 2.24) is 0 Å². The molecule has 1 aliphatic heterocycles. The van der Waals surface area contributed by atoms with Gasteiger partial charge < -0.3 is 14.8 Å². The first-order valence-corrected chi connectivity index (χ1v) is 11.4. The largest absolute Gasteiger partial charge is 0.491 e. The Labute approximate surface area is 171 Å². The van der Waals surface area contributed by atoms with Crippen LogP contribution in [0.25, 0.3) is 0 Å². The molecule has 1 heterocycles. The van der Waals surface area contributed by atoms with Crippen LogP contribution < -0.4 is 14.4 Å². The van der Waals surface area contributed by atoms with Gasteiger partial charge in [0.05, 0.1) is 18.0 Å². The van der Waals surface area contributed by atoms with Gasteiger partial charge in [-0.3, -0.25) is 9.10 Å². The molecule has 7 nitrogen and oxygen atoms in total. The SMILES string of the molecule is Cc1ccccc1N(CC(=O)Nc1cccc(OC[C@H]2CCCO2)c1)S(C)(=O)=O. The van der Waals surface area contributed by atoms with Gasteiger partial charge in [-0.2, -0.15) is 0 Å². The molecule has 1 atom stereocenters. The Kier molecular flexibility index (Phi) is 6.76. The summed E-state index contributed by atoms with van der Waals surface area (Å²) in [6, 6.07) is 14.1. The van der Waals surface area contributed by atoms with Crippen LogP contribution in [0.15, 0.2) is 48.5 Å². The predicted molar refractivity (Wildman–Crippen MR) is 113 cm³/mol. The molecule has 1 amide bonds. The highest BCUT2D eigenvalue weighted by Gasteiger charge is 2.22. The van der Waals surface area contributed by atoms with Crippen LogP contribution >= 0.6 is 0 Å². The fourth-order valence-electron chi connectivity index (χ4n) is 3.18. The van der Waals surface area contributed by atoms with Crippen LogP contribution in [0.2, 0.25) is 0 Å². The molecule has 1 fully saturated rings. The van der Waals surface area contributed by atoms with E-state index >= 15 is 0 Å². The third-order valence-electron chi connectivity index (χ3n) is 4.65. The summed E-state index contributed by atoms with van der Waals surface area (Å²) in [5.74, 6) is 0.187. The first kappa shape index (κ1) is 21.1. The topological polar surface area (TPSA) is 84.9 Å². The minimum Gasteiger partial charge on any atom is -0.491 e. The maximum atomic E-state index is 12.6. The fourth-order valence-corrected chi connectivity index (χ4v) is 4.10. The molecule has 8 heteroatoms. The number of amides is 1. The number of para-hydroxylation sites is 1. The van der Waals surface area contributed by atoms with Crippen molar-refractivity contribution in [2.24, 2.45) is 0 Å². The maximum Gasteiger partial charge on any atom is 0.245 e. The zero-order chi connectivity index (χ0) is 20.9. The van der Waals surface area contributed by atoms with Gasteiger partial charge in [0, 0.05) is 18.4 Å². The number of aryl methyl sites for hydroxylation is 1. The lowest BCUT2D eigenvalue weighted by Gasteiger charge is -2.23. The molecule has 0 bridgehead atoms. The predicted octanol–water partition coefficient (Wildman–Crippen LogP) is 2.96. The zero-order valence-electron chi connectivity index (χ0n) is 16.6. The van der Waals surface area contributed by atoms with Crippen molar-refractivity contribution >= 4 is 27.3 Å². The van der Waals surface area contributed by atoms with Crippen LogP contribution in [0, 0.1) is 6.92 Å². The fraction of sp³-hybridized carbons (Fsp3) is 0.381. The van der Waals surface area contributed by atoms with Crippen molar-refractivity contribution in [3.63, 3.8) is 0 Å². The van der Waals surface area contributed by atoms with Gasteiger partial charge in [0.25, 0.3) is 0 Å². The lowest BCUT2D eigenvalue weighted by Crippen LogP contribution is -2.37. The normalized spacial score (nSPS) is 16.4. The van der Waals surface area contributed by atoms with Crippen molar-refractivity contribution in [1.29, 1.82) is 0 Å². The molecule has 1 N–H and O–H groups in total. The molecular formula is C21H26N2O5S. The van der Waals surface area contributed by atoms with Gasteiger partial charge >= 0.3 is 0 Å². The Hall–Kier alpha value is -2.58. The van der Waals surface area contributed by atoms with E-state index in [4.69, 9.17) is 9.47 Å². The van der Waals surface area contributed by atoms with E-state index in [0.717, 1.165) is 35.6 Å². The van der Waals surface area contributed by atoms with Crippen LogP contribution in [0.3, 0.4) is 0 Å². The lowest BCUT2D eigenvalue weighted by atomic mass is 10.2. The molecule has 2 aromatic rings. The molecule has 1 aliphatic rings. The summed E-state index contributed by atoms with van der Waals surface area (Å²) in [5.41, 5.74) is 1.80. The maximum absolute atomic E-state index is 12.6. The van der Waals surface area contributed by atoms with Crippen LogP contribution in [0.1, 0.15) is 18.4 Å². The summed E-state index contributed by atoms with van der Waals surface area (Å²) in [5, 5.41) is 2.75. The lowest BCUT2D eigenvalue weighted by molar-refractivity contribution is -0.114. The van der Waals surface area contributed by atoms with Crippen molar-refractivity contribution in [3.8, 4) is 5.75 Å². The molecule has 0 unspecified atom stereocenters. The molecule has 0 aromatic heterocycles. The van der Waals surface area contributed by atoms with Gasteiger partial charge in [0.2, 0.25) is 15.9 Å². The van der Waals surface area contributed by atoms with Crippen LogP contribution in [-0.2, 0) is 19.6 Å². The average molecular weight is 419 g/mol. The van der Waals surface area contributed by atoms with E-state index < -0.39 is 15.9 Å². The Morgan fingerprint density at radius 3 is 2.72 bits per heavy atom. The van der Waals surface area contributed by atoms with Crippen molar-refractivity contribution in [2.45, 2.75) is 25.9 Å². The molecule has 0 radical (unpaired) electrons. The number of nitrogens with one attached hydrogen (secondary N) is 1. The Balaban J connectivity index is 1.65. The number of anilines is 2. The quantitative estimate of drug-likeness (QED) is 0.712. The van der Waals surface area contributed by atoms with E-state index in [9.17, 15) is 13.2 Å². The third kappa shape index (κ3) is 5.95. The highest BCUT2D eigenvalue weighted by atomic mass is 32.2. The summed E-state index contributed by atoms with van der Waals surface area (Å²) in [4.78, 5) is 12.6. The van der Waals surface area contributed by atoms with Crippen LogP contribution in [0.5, 0.6) is 5.75 Å². The van der Waals surface area contributed by atoms with Crippen LogP contribution in [0.4, 0.5) is 11.4 Å². The Morgan fingerprint density at radius 1 is 1.24 bits per heavy atom. The van der Waals surface area contributed by atoms with Gasteiger partial charge in [0.15, 0.2) is 0 Å². The highest BCUT2D eigenvalue weighted by molar-refractivity contribution is 7.92. The molecule has 29 heavy (non-hydrogen) atoms. The highest BCUT2D eigenvalue weighted by Crippen LogP contribution is 2.23. The monoisotopic (exact) mass is 418 g/mol. The molecule has 0 aliphatic carbocycles. The van der Waals surface area contributed by atoms with Gasteiger partial charge in [-0.15, -0.1) is 0 Å². The second-order valence-corrected chi connectivity index (χ2v) is 8.98. The Bertz CT molecular complexity index is 955. The first-order chi connectivity index (χ1) is 13.8. The number of sulfonamides is 1. The molecule has 1 saturated heterocycles. The molecule has 0 saturated carbocycles. The Morgan fingerprint density at radius 2 is 2.03 bits per heavy atom. The van der Waals surface area contributed by atoms with Gasteiger partial charge in [-0.1, -0.05) is 24.3 Å². The van der Waals surface area contributed by atoms with Crippen molar-refractivity contribution < 1.29 is 22.7 Å². The summed E-state index contributed by atoms with van der Waals surface area (Å²) in [7, 11) is -3.62. The second kappa shape index (κ2) is 9.28. The van der Waals surface area contributed by atoms with E-state index in [1.165, 1.54) is 0 Å². The molecule has 3 rings (SSSR count). The number of benzene rings is 2. The number of hydrogen-bond donors (Lipinski definition) is 1. The summed E-state index contributed by atoms with van der Waals surface area (Å²) < 4.78 is 36.9. The van der Waals surface area contributed by atoms with E-state index in [-0.39, 0.29) is 12.6 Å². The number of nitrogens with zero attached hydrogens (tertiary/aromatic N) is 1. The number of ether oxygens (including phenoxy) is 2. The molecule has 156 valence electrons. The van der Waals surface area contributed by atoms with E-state index in [1.54, 1.807) is 49.4 Å². The molecule has 0 spiro atoms. The minimum atomic E-state index is -3.62. The van der Waals surface area contributed by atoms with E-state index in [1.807, 2.05) is 6.07 Å². The standard InChI is InChI=1S/C21H26N2O5S/c1-16-7-3-4-11-20(16)23(29(2,25)26)14-21(24)22-17-8-5-9-18(13-17)28-15-19-10-6-12-27-19/h3-5,7-9,11,13,19H,6,10,12,14-15H2,1-2H3,(H,22,24)/t19-/m1/s1. The van der Waals surface area contributed by atoms with Gasteiger partial charge in [-0.05, 0) is 43.5 Å². The molecule has 2 aromatic carbocycles. The van der Waals surface area contributed by atoms with Crippen LogP contribution in [-0.4, -0.2) is 46.4 Å². The van der Waals surface area contributed by atoms with E-state index in [0.29, 0.717) is 23.7 Å². The van der Waals surface area contributed by atoms with Gasteiger partial charge in [0.1, 0.15) is 18.9 Å². The third-order valence-corrected chi connectivity index (χ3v) is 5.78. The van der Waals surface area contributed by atoms with Crippen molar-refractivity contribution in [3.05, 3.63) is 54.1 Å². The van der Waals surface area contributed by atoms with Crippen molar-refractivity contribution in [2.75, 3.05) is 35.6 Å². The number of rotatable bonds is 8. The zero-order valence-corrected chi connectivity index (χ0v) is 17.4. The second-order valence-electron chi connectivity index (χ2n) is 7.08. The first-order valence-electron chi connectivity index (χ1n) is 9.50. The minimum absolute atomic E-state index is 0.102. The summed E-state index contributed by atoms with van der Waals surface area (Å²) in [6.45, 7) is 2.72. The van der Waals surface area contributed by atoms with Gasteiger partial charge in [-0.25, -0.2) is 8.42 Å². The summed E-state index contributed by atoms with van der Waals surface area (Å²) in [6.07, 6.45) is 3.22. The average Bonchev–Trinajstić information content (AvgIpc) is 3.18. The molecular weight excluding hydrogens is 392 g/mol. The summed E-state index contributed by atoms with van der Waals surface area (Å²) >= 11 is 0. The number of hydrogen-bond acceptors (Lipinski definition) is 5. The smallest absolute Gasteiger partial charge is 0.245 e. The number of carbonyl (C=O) groups is 1. The van der Waals surface area contributed by atoms with E-state index in [2.05, 4.69) is 5.32 Å². The number of carbonyl (C=O) groups excluding carboxylic acids is 1.